The predicted octanol–water partition coefficient (Wildman–Crippen LogP) is 1.92. The molecule has 0 aliphatic heterocycles. The lowest BCUT2D eigenvalue weighted by molar-refractivity contribution is -0.122. The number of nitrogens with two attached hydrogens (primary N) is 2. The van der Waals surface area contributed by atoms with Gasteiger partial charge in [-0.3, -0.25) is 4.79 Å². The summed E-state index contributed by atoms with van der Waals surface area (Å²) in [7, 11) is 0. The predicted molar refractivity (Wildman–Crippen MR) is 73.7 cm³/mol. The molecule has 4 nitrogen and oxygen atoms in total. The molecule has 0 bridgehead atoms. The maximum absolute atomic E-state index is 11.1. The van der Waals surface area contributed by atoms with E-state index in [4.69, 9.17) is 11.5 Å². The van der Waals surface area contributed by atoms with Crippen LogP contribution < -0.4 is 11.5 Å². The third-order valence-electron chi connectivity index (χ3n) is 2.31. The molecule has 17 heavy (non-hydrogen) atoms. The van der Waals surface area contributed by atoms with Crippen LogP contribution in [0.2, 0.25) is 0 Å². The Morgan fingerprint density at radius 1 is 1.71 bits per heavy atom. The van der Waals surface area contributed by atoms with Gasteiger partial charge in [-0.2, -0.15) is 0 Å². The van der Waals surface area contributed by atoms with Crippen LogP contribution in [-0.4, -0.2) is 21.7 Å². The highest BCUT2D eigenvalue weighted by molar-refractivity contribution is 9.10. The standard InChI is InChI=1S/C11H16BrN3OS/c1-7(6-11(2,14)10(13)16)17-9-8(12)4-3-5-15-9/h3-5,7H,6,14H2,1-2H3,(H2,13,16). The third kappa shape index (κ3) is 4.29. The summed E-state index contributed by atoms with van der Waals surface area (Å²) in [6, 6.07) is 3.78. The van der Waals surface area contributed by atoms with Crippen molar-refractivity contribution >= 4 is 33.6 Å². The number of aromatic nitrogens is 1. The van der Waals surface area contributed by atoms with E-state index in [0.717, 1.165) is 9.50 Å². The summed E-state index contributed by atoms with van der Waals surface area (Å²) in [5.41, 5.74) is 10.1. The first-order valence-electron chi connectivity index (χ1n) is 5.19. The monoisotopic (exact) mass is 317 g/mol. The Kier molecular flexibility index (Phi) is 4.97. The van der Waals surface area contributed by atoms with Crippen molar-refractivity contribution in [3.63, 3.8) is 0 Å². The van der Waals surface area contributed by atoms with Gasteiger partial charge in [0.1, 0.15) is 5.03 Å². The molecule has 0 aliphatic carbocycles. The van der Waals surface area contributed by atoms with Crippen molar-refractivity contribution in [1.29, 1.82) is 0 Å². The molecular formula is C11H16BrN3OS. The van der Waals surface area contributed by atoms with Crippen molar-refractivity contribution < 1.29 is 4.79 Å². The van der Waals surface area contributed by atoms with E-state index in [-0.39, 0.29) is 5.25 Å². The van der Waals surface area contributed by atoms with Gasteiger partial charge in [0.05, 0.1) is 5.54 Å². The number of halogens is 1. The molecule has 1 heterocycles. The molecule has 0 spiro atoms. The fourth-order valence-corrected chi connectivity index (χ4v) is 3.04. The van der Waals surface area contributed by atoms with Gasteiger partial charge in [-0.1, -0.05) is 6.92 Å². The summed E-state index contributed by atoms with van der Waals surface area (Å²) in [4.78, 5) is 15.4. The van der Waals surface area contributed by atoms with Crippen LogP contribution in [0.15, 0.2) is 27.8 Å². The fourth-order valence-electron chi connectivity index (χ4n) is 1.39. The van der Waals surface area contributed by atoms with Crippen LogP contribution >= 0.6 is 27.7 Å². The van der Waals surface area contributed by atoms with Crippen molar-refractivity contribution in [3.8, 4) is 0 Å². The van der Waals surface area contributed by atoms with Gasteiger partial charge in [0.15, 0.2) is 0 Å². The number of rotatable bonds is 5. The van der Waals surface area contributed by atoms with E-state index in [1.807, 2.05) is 19.1 Å². The Morgan fingerprint density at radius 2 is 2.35 bits per heavy atom. The highest BCUT2D eigenvalue weighted by Crippen LogP contribution is 2.31. The van der Waals surface area contributed by atoms with Crippen LogP contribution in [0, 0.1) is 0 Å². The minimum Gasteiger partial charge on any atom is -0.368 e. The maximum Gasteiger partial charge on any atom is 0.237 e. The lowest BCUT2D eigenvalue weighted by Gasteiger charge is -2.24. The van der Waals surface area contributed by atoms with E-state index >= 15 is 0 Å². The van der Waals surface area contributed by atoms with Crippen LogP contribution in [-0.2, 0) is 4.79 Å². The number of pyridine rings is 1. The molecule has 2 unspecified atom stereocenters. The molecule has 6 heteroatoms. The average molecular weight is 318 g/mol. The topological polar surface area (TPSA) is 82.0 Å². The molecule has 1 rings (SSSR count). The highest BCUT2D eigenvalue weighted by atomic mass is 79.9. The Balaban J connectivity index is 2.65. The molecule has 0 aromatic carbocycles. The summed E-state index contributed by atoms with van der Waals surface area (Å²) in [6.45, 7) is 3.65. The number of amides is 1. The average Bonchev–Trinajstić information content (AvgIpc) is 2.20. The Bertz CT molecular complexity index is 411. The molecule has 1 amide bonds. The van der Waals surface area contributed by atoms with E-state index in [1.54, 1.807) is 24.9 Å². The smallest absolute Gasteiger partial charge is 0.237 e. The molecule has 1 aromatic heterocycles. The first-order chi connectivity index (χ1) is 7.83. The first kappa shape index (κ1) is 14.5. The quantitative estimate of drug-likeness (QED) is 0.813. The molecule has 0 saturated carbocycles. The lowest BCUT2D eigenvalue weighted by atomic mass is 9.97. The Hall–Kier alpha value is -0.590. The van der Waals surface area contributed by atoms with Crippen LogP contribution in [0.25, 0.3) is 0 Å². The van der Waals surface area contributed by atoms with E-state index < -0.39 is 11.4 Å². The molecule has 2 atom stereocenters. The lowest BCUT2D eigenvalue weighted by Crippen LogP contribution is -2.50. The molecule has 0 fully saturated rings. The molecule has 94 valence electrons. The SMILES string of the molecule is CC(CC(C)(N)C(N)=O)Sc1ncccc1Br. The van der Waals surface area contributed by atoms with Gasteiger partial charge in [0.2, 0.25) is 5.91 Å². The molecule has 0 radical (unpaired) electrons. The maximum atomic E-state index is 11.1. The fraction of sp³-hybridized carbons (Fsp3) is 0.455. The largest absolute Gasteiger partial charge is 0.368 e. The number of carbonyl (C=O) groups excluding carboxylic acids is 1. The number of hydrogen-bond acceptors (Lipinski definition) is 4. The zero-order chi connectivity index (χ0) is 13.1. The second kappa shape index (κ2) is 5.84. The number of carbonyl (C=O) groups is 1. The normalized spacial score (nSPS) is 16.2. The minimum absolute atomic E-state index is 0.156. The van der Waals surface area contributed by atoms with E-state index in [1.165, 1.54) is 0 Å². The number of hydrogen-bond donors (Lipinski definition) is 2. The molecule has 4 N–H and O–H groups in total. The second-order valence-corrected chi connectivity index (χ2v) is 6.49. The van der Waals surface area contributed by atoms with Crippen molar-refractivity contribution in [2.45, 2.75) is 36.1 Å². The van der Waals surface area contributed by atoms with Crippen LogP contribution in [0.1, 0.15) is 20.3 Å². The van der Waals surface area contributed by atoms with Gasteiger partial charge in [0, 0.05) is 15.9 Å². The number of nitrogens with zero attached hydrogens (tertiary/aromatic N) is 1. The van der Waals surface area contributed by atoms with Crippen molar-refractivity contribution in [3.05, 3.63) is 22.8 Å². The van der Waals surface area contributed by atoms with Gasteiger partial charge >= 0.3 is 0 Å². The van der Waals surface area contributed by atoms with E-state index in [2.05, 4.69) is 20.9 Å². The highest BCUT2D eigenvalue weighted by Gasteiger charge is 2.28. The Labute approximate surface area is 114 Å². The Morgan fingerprint density at radius 3 is 2.88 bits per heavy atom. The zero-order valence-electron chi connectivity index (χ0n) is 9.81. The minimum atomic E-state index is -0.978. The summed E-state index contributed by atoms with van der Waals surface area (Å²) in [5, 5.41) is 1.05. The first-order valence-corrected chi connectivity index (χ1v) is 6.86. The molecule has 0 aliphatic rings. The van der Waals surface area contributed by atoms with Gasteiger partial charge in [-0.15, -0.1) is 11.8 Å². The van der Waals surface area contributed by atoms with Crippen LogP contribution in [0.3, 0.4) is 0 Å². The van der Waals surface area contributed by atoms with Crippen LogP contribution in [0.5, 0.6) is 0 Å². The van der Waals surface area contributed by atoms with E-state index in [9.17, 15) is 4.79 Å². The van der Waals surface area contributed by atoms with Gasteiger partial charge in [0.25, 0.3) is 0 Å². The molecular weight excluding hydrogens is 302 g/mol. The van der Waals surface area contributed by atoms with Gasteiger partial charge in [-0.05, 0) is 41.4 Å². The van der Waals surface area contributed by atoms with Crippen LogP contribution in [0.4, 0.5) is 0 Å². The summed E-state index contributed by atoms with van der Waals surface area (Å²) in [6.07, 6.45) is 2.24. The third-order valence-corrected chi connectivity index (χ3v) is 4.33. The summed E-state index contributed by atoms with van der Waals surface area (Å²) >= 11 is 5.00. The van der Waals surface area contributed by atoms with E-state index in [0.29, 0.717) is 6.42 Å². The summed E-state index contributed by atoms with van der Waals surface area (Å²) < 4.78 is 0.939. The van der Waals surface area contributed by atoms with Crippen molar-refractivity contribution in [1.82, 2.24) is 4.98 Å². The zero-order valence-corrected chi connectivity index (χ0v) is 12.2. The van der Waals surface area contributed by atoms with Crippen molar-refractivity contribution in [2.24, 2.45) is 11.5 Å². The molecule has 0 saturated heterocycles. The van der Waals surface area contributed by atoms with Crippen molar-refractivity contribution in [2.75, 3.05) is 0 Å². The van der Waals surface area contributed by atoms with Gasteiger partial charge in [-0.25, -0.2) is 4.98 Å². The van der Waals surface area contributed by atoms with Gasteiger partial charge < -0.3 is 11.5 Å². The number of thioether (sulfide) groups is 1. The summed E-state index contributed by atoms with van der Waals surface area (Å²) in [5.74, 6) is -0.481. The second-order valence-electron chi connectivity index (χ2n) is 4.20. The molecule has 1 aromatic rings. The number of primary amides is 1.